The highest BCUT2D eigenvalue weighted by Gasteiger charge is 2.32. The predicted octanol–water partition coefficient (Wildman–Crippen LogP) is 3.21. The van der Waals surface area contributed by atoms with Crippen LogP contribution < -0.4 is 24.2 Å². The number of benzene rings is 2. The van der Waals surface area contributed by atoms with Crippen LogP contribution >= 0.6 is 34.4 Å². The quantitative estimate of drug-likeness (QED) is 0.380. The number of ether oxygens (including phenoxy) is 2. The molecule has 3 aliphatic rings. The summed E-state index contributed by atoms with van der Waals surface area (Å²) in [6.07, 6.45) is 1.92. The minimum absolute atomic E-state index is 0.00355. The number of para-hydroxylation sites is 2. The topological polar surface area (TPSA) is 47.6 Å². The number of thioether (sulfide) groups is 1. The zero-order chi connectivity index (χ0) is 23.5. The first-order valence-electron chi connectivity index (χ1n) is 11.6. The van der Waals surface area contributed by atoms with Crippen molar-refractivity contribution in [1.82, 2.24) is 4.57 Å². The molecule has 0 aliphatic carbocycles. The monoisotopic (exact) mass is 520 g/mol. The summed E-state index contributed by atoms with van der Waals surface area (Å²) in [5.74, 6) is 1.56. The number of aromatic nitrogens is 2. The molecule has 0 saturated carbocycles. The highest BCUT2D eigenvalue weighted by atomic mass is 32.2. The zero-order valence-electron chi connectivity index (χ0n) is 19.0. The van der Waals surface area contributed by atoms with Gasteiger partial charge in [0.1, 0.15) is 27.6 Å². The molecule has 3 aliphatic heterocycles. The Morgan fingerprint density at radius 1 is 1.06 bits per heavy atom. The fourth-order valence-electron chi connectivity index (χ4n) is 4.83. The van der Waals surface area contributed by atoms with E-state index in [4.69, 9.17) is 9.47 Å². The maximum absolute atomic E-state index is 13.5. The summed E-state index contributed by atoms with van der Waals surface area (Å²) in [5, 5.41) is 2.12. The van der Waals surface area contributed by atoms with E-state index in [9.17, 15) is 4.79 Å². The molecule has 4 aromatic rings. The van der Waals surface area contributed by atoms with Gasteiger partial charge in [-0.25, -0.2) is 0 Å². The number of thiazole rings is 2. The van der Waals surface area contributed by atoms with Crippen LogP contribution in [-0.2, 0) is 22.6 Å². The number of rotatable bonds is 2. The minimum Gasteiger partial charge on any atom is -0.489 e. The second kappa shape index (κ2) is 8.29. The summed E-state index contributed by atoms with van der Waals surface area (Å²) < 4.78 is 19.2. The van der Waals surface area contributed by atoms with E-state index in [1.54, 1.807) is 23.1 Å². The van der Waals surface area contributed by atoms with Crippen LogP contribution in [0.4, 0.5) is 5.69 Å². The molecular formula is C26H22N3O3S3+. The summed E-state index contributed by atoms with van der Waals surface area (Å²) in [7, 11) is 0. The lowest BCUT2D eigenvalue weighted by atomic mass is 10.3. The standard InChI is InChI=1S/C26H22N3O3S3/c1-2-27-23(30)21(15-18-24-28(11-13-31-18)16-7-3-5-9-19(16)33-24)35-25(27)22-26-29(12-14-32-22)17-8-4-6-10-20(17)34-26/h3-10,15H,2,11-14H2,1H3/q+1/b21-15-. The molecule has 9 heteroatoms. The van der Waals surface area contributed by atoms with Crippen molar-refractivity contribution in [3.63, 3.8) is 0 Å². The van der Waals surface area contributed by atoms with Gasteiger partial charge in [0.05, 0.1) is 16.8 Å². The molecule has 176 valence electrons. The summed E-state index contributed by atoms with van der Waals surface area (Å²) in [6.45, 7) is 5.38. The Balaban J connectivity index is 1.43. The van der Waals surface area contributed by atoms with Crippen LogP contribution in [0.25, 0.3) is 22.1 Å². The van der Waals surface area contributed by atoms with Crippen molar-refractivity contribution in [1.29, 1.82) is 0 Å². The predicted molar refractivity (Wildman–Crippen MR) is 141 cm³/mol. The van der Waals surface area contributed by atoms with Crippen molar-refractivity contribution < 1.29 is 14.0 Å². The molecule has 0 bridgehead atoms. The first-order chi connectivity index (χ1) is 17.2. The lowest BCUT2D eigenvalue weighted by molar-refractivity contribution is -0.677. The van der Waals surface area contributed by atoms with Gasteiger partial charge >= 0.3 is 5.01 Å². The van der Waals surface area contributed by atoms with Crippen LogP contribution in [-0.4, -0.2) is 24.3 Å². The van der Waals surface area contributed by atoms with Gasteiger partial charge in [-0.05, 0) is 25.1 Å². The molecule has 2 aromatic carbocycles. The molecule has 0 fully saturated rings. The second-order valence-electron chi connectivity index (χ2n) is 8.41. The van der Waals surface area contributed by atoms with Crippen molar-refractivity contribution >= 4 is 62.2 Å². The van der Waals surface area contributed by atoms with Crippen LogP contribution in [0.2, 0.25) is 0 Å². The highest BCUT2D eigenvalue weighted by molar-refractivity contribution is 8.03. The number of hydrogen-bond acceptors (Lipinski definition) is 7. The Morgan fingerprint density at radius 2 is 1.91 bits per heavy atom. The van der Waals surface area contributed by atoms with Crippen LogP contribution in [0.3, 0.4) is 0 Å². The third kappa shape index (κ3) is 3.29. The Bertz CT molecular complexity index is 1710. The van der Waals surface area contributed by atoms with Crippen molar-refractivity contribution in [3.8, 4) is 0 Å². The van der Waals surface area contributed by atoms with Crippen LogP contribution in [0, 0.1) is 0 Å². The zero-order valence-corrected chi connectivity index (χ0v) is 21.5. The van der Waals surface area contributed by atoms with Crippen LogP contribution in [0.5, 0.6) is 0 Å². The molecule has 0 unspecified atom stereocenters. The van der Waals surface area contributed by atoms with Crippen molar-refractivity contribution in [2.24, 2.45) is 0 Å². The minimum atomic E-state index is -0.00355. The van der Waals surface area contributed by atoms with E-state index in [2.05, 4.69) is 58.0 Å². The van der Waals surface area contributed by atoms with Crippen molar-refractivity contribution in [2.75, 3.05) is 24.7 Å². The lowest BCUT2D eigenvalue weighted by Gasteiger charge is -2.27. The Morgan fingerprint density at radius 3 is 2.83 bits per heavy atom. The SMILES string of the molecule is CCn1c(=O)/c(=C/C2=C3Sc4ccccc4N3CCO2)s/c1=C1/OCC[n+]2c1sc1ccccc12. The molecule has 7 rings (SSSR count). The Kier molecular flexibility index (Phi) is 5.04. The molecular weight excluding hydrogens is 499 g/mol. The van der Waals surface area contributed by atoms with Gasteiger partial charge < -0.3 is 14.4 Å². The first kappa shape index (κ1) is 21.3. The van der Waals surface area contributed by atoms with E-state index < -0.39 is 0 Å². The van der Waals surface area contributed by atoms with E-state index in [0.29, 0.717) is 24.3 Å². The second-order valence-corrected chi connectivity index (χ2v) is 11.5. The van der Waals surface area contributed by atoms with E-state index in [0.717, 1.165) is 39.3 Å². The van der Waals surface area contributed by atoms with Gasteiger partial charge in [-0.3, -0.25) is 9.36 Å². The molecule has 35 heavy (non-hydrogen) atoms. The molecule has 0 saturated heterocycles. The van der Waals surface area contributed by atoms with Gasteiger partial charge in [0, 0.05) is 23.6 Å². The maximum Gasteiger partial charge on any atom is 0.308 e. The smallest absolute Gasteiger partial charge is 0.308 e. The summed E-state index contributed by atoms with van der Waals surface area (Å²) in [5.41, 5.74) is 2.42. The molecule has 0 amide bonds. The van der Waals surface area contributed by atoms with Gasteiger partial charge in [0.2, 0.25) is 11.3 Å². The summed E-state index contributed by atoms with van der Waals surface area (Å²) in [6, 6.07) is 16.8. The number of fused-ring (bicyclic) bond motifs is 6. The van der Waals surface area contributed by atoms with Gasteiger partial charge in [-0.1, -0.05) is 47.4 Å². The number of nitrogens with zero attached hydrogens (tertiary/aromatic N) is 3. The fourth-order valence-corrected chi connectivity index (χ4v) is 8.38. The Hall–Kier alpha value is -3.01. The Labute approximate surface area is 213 Å². The highest BCUT2D eigenvalue weighted by Crippen LogP contribution is 2.48. The normalized spacial score (nSPS) is 18.9. The molecule has 6 nitrogen and oxygen atoms in total. The van der Waals surface area contributed by atoms with E-state index in [1.165, 1.54) is 32.1 Å². The van der Waals surface area contributed by atoms with E-state index >= 15 is 0 Å². The average molecular weight is 521 g/mol. The number of hydrogen-bond donors (Lipinski definition) is 0. The lowest BCUT2D eigenvalue weighted by Crippen LogP contribution is -2.44. The molecule has 0 atom stereocenters. The van der Waals surface area contributed by atoms with E-state index in [1.807, 2.05) is 17.6 Å². The van der Waals surface area contributed by atoms with Gasteiger partial charge in [-0.2, -0.15) is 4.57 Å². The molecule has 5 heterocycles. The molecule has 0 spiro atoms. The largest absolute Gasteiger partial charge is 0.489 e. The third-order valence-corrected chi connectivity index (χ3v) is 9.89. The molecule has 2 aromatic heterocycles. The van der Waals surface area contributed by atoms with Crippen molar-refractivity contribution in [3.05, 3.63) is 83.9 Å². The molecule has 0 radical (unpaired) electrons. The first-order valence-corrected chi connectivity index (χ1v) is 14.1. The fraction of sp³-hybridized carbons (Fsp3) is 0.231. The molecule has 0 N–H and O–H groups in total. The average Bonchev–Trinajstić information content (AvgIpc) is 3.56. The summed E-state index contributed by atoms with van der Waals surface area (Å²) in [4.78, 5) is 17.0. The maximum atomic E-state index is 13.5. The van der Waals surface area contributed by atoms with Gasteiger partial charge in [0.15, 0.2) is 12.3 Å². The third-order valence-electron chi connectivity index (χ3n) is 6.43. The van der Waals surface area contributed by atoms with E-state index in [-0.39, 0.29) is 5.56 Å². The van der Waals surface area contributed by atoms with Crippen LogP contribution in [0.15, 0.2) is 69.0 Å². The number of anilines is 1. The van der Waals surface area contributed by atoms with Crippen LogP contribution in [0.1, 0.15) is 11.9 Å². The number of allylic oxidation sites excluding steroid dienone is 1. The van der Waals surface area contributed by atoms with Gasteiger partial charge in [-0.15, -0.1) is 11.3 Å². The van der Waals surface area contributed by atoms with Gasteiger partial charge in [0.25, 0.3) is 5.56 Å². The van der Waals surface area contributed by atoms with Crippen molar-refractivity contribution in [2.45, 2.75) is 24.9 Å². The summed E-state index contributed by atoms with van der Waals surface area (Å²) >= 11 is 4.91.